The molecule has 0 spiro atoms. The molecule has 3 aromatic carbocycles. The van der Waals surface area contributed by atoms with Crippen molar-refractivity contribution in [2.45, 2.75) is 31.7 Å². The van der Waals surface area contributed by atoms with Crippen molar-refractivity contribution in [3.05, 3.63) is 95.6 Å². The first-order chi connectivity index (χ1) is 17.6. The zero-order chi connectivity index (χ0) is 25.2. The highest BCUT2D eigenvalue weighted by molar-refractivity contribution is 6.12. The van der Waals surface area contributed by atoms with E-state index >= 15 is 0 Å². The van der Waals surface area contributed by atoms with Gasteiger partial charge in [-0.2, -0.15) is 0 Å². The van der Waals surface area contributed by atoms with E-state index in [2.05, 4.69) is 10.6 Å². The molecule has 0 heterocycles. The van der Waals surface area contributed by atoms with E-state index in [4.69, 9.17) is 9.47 Å². The smallest absolute Gasteiger partial charge is 0.328 e. The lowest BCUT2D eigenvalue weighted by Crippen LogP contribution is -2.33. The summed E-state index contributed by atoms with van der Waals surface area (Å²) in [6.07, 6.45) is 4.09. The van der Waals surface area contributed by atoms with Crippen LogP contribution in [0.15, 0.2) is 78.9 Å². The van der Waals surface area contributed by atoms with Crippen LogP contribution in [-0.4, -0.2) is 44.6 Å². The molecule has 1 aliphatic carbocycles. The van der Waals surface area contributed by atoms with E-state index in [1.54, 1.807) is 18.2 Å². The minimum atomic E-state index is -0.649. The fourth-order valence-electron chi connectivity index (χ4n) is 4.05. The van der Waals surface area contributed by atoms with E-state index in [9.17, 15) is 9.59 Å². The summed E-state index contributed by atoms with van der Waals surface area (Å²) in [6, 6.07) is 23.4. The molecular formula is C30H34N2O4. The second-order valence-corrected chi connectivity index (χ2v) is 9.16. The summed E-state index contributed by atoms with van der Waals surface area (Å²) in [5, 5.41) is 6.71. The van der Waals surface area contributed by atoms with Crippen LogP contribution in [0.5, 0.6) is 5.75 Å². The van der Waals surface area contributed by atoms with E-state index in [-0.39, 0.29) is 5.78 Å². The molecule has 188 valence electrons. The van der Waals surface area contributed by atoms with Gasteiger partial charge in [-0.1, -0.05) is 54.6 Å². The van der Waals surface area contributed by atoms with Gasteiger partial charge in [0.1, 0.15) is 11.8 Å². The first kappa shape index (κ1) is 25.5. The molecule has 1 saturated carbocycles. The lowest BCUT2D eigenvalue weighted by molar-refractivity contribution is -0.141. The maximum Gasteiger partial charge on any atom is 0.328 e. The highest BCUT2D eigenvalue weighted by atomic mass is 16.5. The molecule has 1 unspecified atom stereocenters. The number of esters is 1. The van der Waals surface area contributed by atoms with E-state index in [1.807, 2.05) is 60.7 Å². The molecule has 4 rings (SSSR count). The molecule has 6 heteroatoms. The summed E-state index contributed by atoms with van der Waals surface area (Å²) < 4.78 is 10.9. The maximum atomic E-state index is 13.1. The van der Waals surface area contributed by atoms with Gasteiger partial charge in [0, 0.05) is 23.2 Å². The summed E-state index contributed by atoms with van der Waals surface area (Å²) in [6.45, 7) is 2.75. The number of hydrogen-bond acceptors (Lipinski definition) is 6. The molecule has 0 radical (unpaired) electrons. The Balaban J connectivity index is 1.36. The molecule has 36 heavy (non-hydrogen) atoms. The standard InChI is InChI=1S/C30H34N2O4/c1-35-30(34)28(32-27-11-6-5-10-26(27)29(33)24-8-3-2-4-9-24)20-22-14-16-25(17-15-22)36-19-7-18-31-21-23-12-13-23/h2-6,8-11,14-17,23,28,31-32H,7,12-13,18-21H2,1H3. The number of carbonyl (C=O) groups is 2. The number of ether oxygens (including phenoxy) is 2. The van der Waals surface area contributed by atoms with Crippen LogP contribution >= 0.6 is 0 Å². The Morgan fingerprint density at radius 1 is 0.944 bits per heavy atom. The van der Waals surface area contributed by atoms with Crippen molar-refractivity contribution in [3.8, 4) is 5.75 Å². The number of nitrogens with one attached hydrogen (secondary N) is 2. The fourth-order valence-corrected chi connectivity index (χ4v) is 4.05. The van der Waals surface area contributed by atoms with Gasteiger partial charge in [0.05, 0.1) is 13.7 Å². The van der Waals surface area contributed by atoms with Crippen molar-refractivity contribution < 1.29 is 19.1 Å². The van der Waals surface area contributed by atoms with Crippen molar-refractivity contribution in [1.82, 2.24) is 5.32 Å². The normalized spacial score (nSPS) is 13.6. The Hall–Kier alpha value is -3.64. The number of carbonyl (C=O) groups excluding carboxylic acids is 2. The number of hydrogen-bond donors (Lipinski definition) is 2. The third-order valence-corrected chi connectivity index (χ3v) is 6.28. The highest BCUT2D eigenvalue weighted by Crippen LogP contribution is 2.27. The third-order valence-electron chi connectivity index (χ3n) is 6.28. The lowest BCUT2D eigenvalue weighted by Gasteiger charge is -2.20. The van der Waals surface area contributed by atoms with E-state index in [0.717, 1.165) is 36.7 Å². The number of rotatable bonds is 14. The summed E-state index contributed by atoms with van der Waals surface area (Å²) in [5.74, 6) is 1.20. The number of ketones is 1. The van der Waals surface area contributed by atoms with Gasteiger partial charge in [-0.25, -0.2) is 4.79 Å². The van der Waals surface area contributed by atoms with Gasteiger partial charge in [0.2, 0.25) is 0 Å². The molecule has 1 aliphatic rings. The molecule has 0 aliphatic heterocycles. The van der Waals surface area contributed by atoms with Gasteiger partial charge < -0.3 is 20.1 Å². The first-order valence-corrected chi connectivity index (χ1v) is 12.6. The Labute approximate surface area is 213 Å². The predicted molar refractivity (Wildman–Crippen MR) is 142 cm³/mol. The number of para-hydroxylation sites is 1. The molecular weight excluding hydrogens is 452 g/mol. The zero-order valence-electron chi connectivity index (χ0n) is 20.7. The zero-order valence-corrected chi connectivity index (χ0v) is 20.7. The lowest BCUT2D eigenvalue weighted by atomic mass is 10.00. The molecule has 2 N–H and O–H groups in total. The van der Waals surface area contributed by atoms with Crippen molar-refractivity contribution in [2.75, 3.05) is 32.1 Å². The van der Waals surface area contributed by atoms with Crippen molar-refractivity contribution in [1.29, 1.82) is 0 Å². The minimum absolute atomic E-state index is 0.105. The van der Waals surface area contributed by atoms with Crippen LogP contribution in [0.1, 0.15) is 40.7 Å². The fraction of sp³-hybridized carbons (Fsp3) is 0.333. The number of anilines is 1. The van der Waals surface area contributed by atoms with Crippen LogP contribution in [0, 0.1) is 5.92 Å². The maximum absolute atomic E-state index is 13.1. The Morgan fingerprint density at radius 3 is 2.39 bits per heavy atom. The third kappa shape index (κ3) is 7.43. The van der Waals surface area contributed by atoms with Crippen LogP contribution in [0.3, 0.4) is 0 Å². The van der Waals surface area contributed by atoms with Crippen LogP contribution in [0.4, 0.5) is 5.69 Å². The molecule has 3 aromatic rings. The predicted octanol–water partition coefficient (Wildman–Crippen LogP) is 4.88. The minimum Gasteiger partial charge on any atom is -0.494 e. The summed E-state index contributed by atoms with van der Waals surface area (Å²) >= 11 is 0. The molecule has 0 amide bonds. The highest BCUT2D eigenvalue weighted by Gasteiger charge is 2.23. The van der Waals surface area contributed by atoms with Gasteiger partial charge in [-0.3, -0.25) is 4.79 Å². The monoisotopic (exact) mass is 486 g/mol. The van der Waals surface area contributed by atoms with Gasteiger partial charge >= 0.3 is 5.97 Å². The van der Waals surface area contributed by atoms with Crippen molar-refractivity contribution >= 4 is 17.4 Å². The van der Waals surface area contributed by atoms with Crippen molar-refractivity contribution in [3.63, 3.8) is 0 Å². The Bertz CT molecular complexity index is 1130. The van der Waals surface area contributed by atoms with Gasteiger partial charge in [-0.15, -0.1) is 0 Å². The quantitative estimate of drug-likeness (QED) is 0.192. The van der Waals surface area contributed by atoms with Crippen LogP contribution in [0.2, 0.25) is 0 Å². The van der Waals surface area contributed by atoms with Crippen LogP contribution < -0.4 is 15.4 Å². The van der Waals surface area contributed by atoms with Crippen LogP contribution in [0.25, 0.3) is 0 Å². The molecule has 0 saturated heterocycles. The summed E-state index contributed by atoms with van der Waals surface area (Å²) in [5.41, 5.74) is 2.66. The Kier molecular flexibility index (Phi) is 9.11. The van der Waals surface area contributed by atoms with Crippen molar-refractivity contribution in [2.24, 2.45) is 5.92 Å². The second-order valence-electron chi connectivity index (χ2n) is 9.16. The summed E-state index contributed by atoms with van der Waals surface area (Å²) in [7, 11) is 1.37. The average molecular weight is 487 g/mol. The molecule has 6 nitrogen and oxygen atoms in total. The average Bonchev–Trinajstić information content (AvgIpc) is 3.75. The number of methoxy groups -OCH3 is 1. The largest absolute Gasteiger partial charge is 0.494 e. The van der Waals surface area contributed by atoms with Crippen LogP contribution in [-0.2, 0) is 16.0 Å². The van der Waals surface area contributed by atoms with Gasteiger partial charge in [0.25, 0.3) is 0 Å². The summed E-state index contributed by atoms with van der Waals surface area (Å²) in [4.78, 5) is 25.7. The number of benzene rings is 3. The molecule has 0 bridgehead atoms. The Morgan fingerprint density at radius 2 is 1.67 bits per heavy atom. The molecule has 0 aromatic heterocycles. The molecule has 1 atom stereocenters. The first-order valence-electron chi connectivity index (χ1n) is 12.6. The van der Waals surface area contributed by atoms with E-state index < -0.39 is 12.0 Å². The van der Waals surface area contributed by atoms with E-state index in [1.165, 1.54) is 20.0 Å². The SMILES string of the molecule is COC(=O)C(Cc1ccc(OCCCNCC2CC2)cc1)Nc1ccccc1C(=O)c1ccccc1. The second kappa shape index (κ2) is 12.9. The molecule has 1 fully saturated rings. The van der Waals surface area contributed by atoms with Gasteiger partial charge in [0.15, 0.2) is 5.78 Å². The van der Waals surface area contributed by atoms with Gasteiger partial charge in [-0.05, 0) is 68.1 Å². The van der Waals surface area contributed by atoms with E-state index in [0.29, 0.717) is 29.8 Å². The topological polar surface area (TPSA) is 76.7 Å².